The average molecular weight is 462 g/mol. The summed E-state index contributed by atoms with van der Waals surface area (Å²) in [6, 6.07) is 24.1. The largest absolute Gasteiger partial charge is 0.497 e. The lowest BCUT2D eigenvalue weighted by Gasteiger charge is -2.58. The van der Waals surface area contributed by atoms with Crippen LogP contribution in [-0.2, 0) is 4.79 Å². The molecule has 2 fully saturated rings. The molecule has 0 aromatic heterocycles. The first-order valence-corrected chi connectivity index (χ1v) is 11.8. The van der Waals surface area contributed by atoms with E-state index in [4.69, 9.17) is 21.1 Å². The summed E-state index contributed by atoms with van der Waals surface area (Å²) < 4.78 is 10.7. The summed E-state index contributed by atoms with van der Waals surface area (Å²) in [4.78, 5) is 15.7. The number of amides is 1. The summed E-state index contributed by atoms with van der Waals surface area (Å²) in [5.74, 6) is 2.29. The van der Waals surface area contributed by atoms with Gasteiger partial charge in [-0.15, -0.1) is 0 Å². The Labute approximate surface area is 200 Å². The number of methoxy groups -OCH3 is 2. The van der Waals surface area contributed by atoms with Crippen molar-refractivity contribution in [1.82, 2.24) is 0 Å². The van der Waals surface area contributed by atoms with Crippen molar-refractivity contribution >= 4 is 23.2 Å². The van der Waals surface area contributed by atoms with E-state index in [0.717, 1.165) is 53.5 Å². The van der Waals surface area contributed by atoms with Gasteiger partial charge in [-0.25, -0.2) is 0 Å². The molecular weight excluding hydrogens is 434 g/mol. The van der Waals surface area contributed by atoms with Crippen molar-refractivity contribution in [1.29, 1.82) is 0 Å². The summed E-state index contributed by atoms with van der Waals surface area (Å²) in [6.45, 7) is 0. The second-order valence-corrected chi connectivity index (χ2v) is 9.47. The van der Waals surface area contributed by atoms with Crippen molar-refractivity contribution < 1.29 is 14.3 Å². The predicted octanol–water partition coefficient (Wildman–Crippen LogP) is 6.79. The Morgan fingerprint density at radius 1 is 0.788 bits per heavy atom. The lowest BCUT2D eigenvalue weighted by atomic mass is 9.58. The molecule has 1 aliphatic heterocycles. The highest BCUT2D eigenvalue weighted by Gasteiger charge is 2.61. The van der Waals surface area contributed by atoms with E-state index < -0.39 is 0 Å². The SMILES string of the molecule is COc1ccc(C2N(c3ccc(OC)cc3)C(=O)C23CCC(c2ccc(Cl)cc2)CC3)cc1. The maximum Gasteiger partial charge on any atom is 0.236 e. The Bertz CT molecular complexity index is 1120. The van der Waals surface area contributed by atoms with Gasteiger partial charge in [0.2, 0.25) is 5.91 Å². The average Bonchev–Trinajstić information content (AvgIpc) is 2.88. The first-order valence-electron chi connectivity index (χ1n) is 11.4. The number of halogens is 1. The zero-order valence-electron chi connectivity index (χ0n) is 19.0. The Hall–Kier alpha value is -2.98. The molecule has 1 saturated heterocycles. The van der Waals surface area contributed by atoms with Crippen LogP contribution in [0.2, 0.25) is 5.02 Å². The van der Waals surface area contributed by atoms with Crippen LogP contribution in [0.1, 0.15) is 48.8 Å². The molecule has 0 bridgehead atoms. The molecule has 1 spiro atoms. The number of anilines is 1. The fourth-order valence-corrected chi connectivity index (χ4v) is 5.73. The zero-order chi connectivity index (χ0) is 23.0. The summed E-state index contributed by atoms with van der Waals surface area (Å²) in [5.41, 5.74) is 3.01. The first-order chi connectivity index (χ1) is 16.1. The highest BCUT2D eigenvalue weighted by Crippen LogP contribution is 2.61. The van der Waals surface area contributed by atoms with Crippen molar-refractivity contribution in [3.63, 3.8) is 0 Å². The quantitative estimate of drug-likeness (QED) is 0.392. The standard InChI is InChI=1S/C28H28ClNO3/c1-32-24-11-5-21(6-12-24)26-28(27(31)30(26)23-9-13-25(33-2)14-10-23)17-15-20(16-18-28)19-3-7-22(29)8-4-19/h3-14,20,26H,15-18H2,1-2H3. The van der Waals surface area contributed by atoms with Gasteiger partial charge in [-0.2, -0.15) is 0 Å². The summed E-state index contributed by atoms with van der Waals surface area (Å²) in [7, 11) is 3.32. The second-order valence-electron chi connectivity index (χ2n) is 9.03. The van der Waals surface area contributed by atoms with Crippen LogP contribution in [0.5, 0.6) is 11.5 Å². The lowest BCUT2D eigenvalue weighted by Crippen LogP contribution is -2.64. The van der Waals surface area contributed by atoms with E-state index in [1.165, 1.54) is 5.56 Å². The van der Waals surface area contributed by atoms with Crippen LogP contribution in [0.3, 0.4) is 0 Å². The molecule has 5 heteroatoms. The van der Waals surface area contributed by atoms with Crippen molar-refractivity contribution in [3.8, 4) is 11.5 Å². The number of β-lactam (4-membered cyclic amide) rings is 1. The van der Waals surface area contributed by atoms with Gasteiger partial charge in [0, 0.05) is 10.7 Å². The maximum absolute atomic E-state index is 13.7. The molecule has 170 valence electrons. The monoisotopic (exact) mass is 461 g/mol. The molecule has 3 aromatic rings. The van der Waals surface area contributed by atoms with Gasteiger partial charge in [0.1, 0.15) is 11.5 Å². The molecule has 0 radical (unpaired) electrons. The van der Waals surface area contributed by atoms with Crippen molar-refractivity contribution in [2.24, 2.45) is 5.41 Å². The topological polar surface area (TPSA) is 38.8 Å². The minimum absolute atomic E-state index is 0.00969. The molecule has 1 atom stereocenters. The van der Waals surface area contributed by atoms with Crippen LogP contribution in [0.15, 0.2) is 72.8 Å². The summed E-state index contributed by atoms with van der Waals surface area (Å²) >= 11 is 6.08. The van der Waals surface area contributed by atoms with Crippen LogP contribution in [0.4, 0.5) is 5.69 Å². The molecular formula is C28H28ClNO3. The van der Waals surface area contributed by atoms with Gasteiger partial charge in [0.05, 0.1) is 25.7 Å². The molecule has 5 rings (SSSR count). The summed E-state index contributed by atoms with van der Waals surface area (Å²) in [5, 5.41) is 0.759. The first kappa shape index (κ1) is 21.8. The fourth-order valence-electron chi connectivity index (χ4n) is 5.61. The fraction of sp³-hybridized carbons (Fsp3) is 0.321. The Kier molecular flexibility index (Phi) is 5.79. The van der Waals surface area contributed by atoms with Gasteiger partial charge in [0.15, 0.2) is 0 Å². The van der Waals surface area contributed by atoms with E-state index in [2.05, 4.69) is 24.3 Å². The van der Waals surface area contributed by atoms with E-state index in [9.17, 15) is 4.79 Å². The molecule has 2 aliphatic rings. The van der Waals surface area contributed by atoms with Gasteiger partial charge in [-0.1, -0.05) is 35.9 Å². The Morgan fingerprint density at radius 3 is 1.85 bits per heavy atom. The van der Waals surface area contributed by atoms with Crippen molar-refractivity contribution in [3.05, 3.63) is 88.9 Å². The number of ether oxygens (including phenoxy) is 2. The molecule has 3 aromatic carbocycles. The molecule has 1 amide bonds. The van der Waals surface area contributed by atoms with Crippen LogP contribution in [0.25, 0.3) is 0 Å². The number of nitrogens with zero attached hydrogens (tertiary/aromatic N) is 1. The highest BCUT2D eigenvalue weighted by molar-refractivity contribution is 6.30. The number of carbonyl (C=O) groups is 1. The number of benzene rings is 3. The third kappa shape index (κ3) is 3.76. The van der Waals surface area contributed by atoms with Gasteiger partial charge >= 0.3 is 0 Å². The lowest BCUT2D eigenvalue weighted by molar-refractivity contribution is -0.143. The van der Waals surface area contributed by atoms with E-state index in [-0.39, 0.29) is 17.4 Å². The molecule has 1 saturated carbocycles. The van der Waals surface area contributed by atoms with Gasteiger partial charge in [-0.05, 0) is 91.3 Å². The number of rotatable bonds is 5. The third-order valence-electron chi connectivity index (χ3n) is 7.43. The minimum atomic E-state index is -0.364. The van der Waals surface area contributed by atoms with Gasteiger partial charge < -0.3 is 14.4 Å². The van der Waals surface area contributed by atoms with Crippen molar-refractivity contribution in [2.45, 2.75) is 37.6 Å². The normalized spacial score (nSPS) is 24.5. The van der Waals surface area contributed by atoms with E-state index in [1.54, 1.807) is 14.2 Å². The Balaban J connectivity index is 1.45. The van der Waals surface area contributed by atoms with E-state index in [1.807, 2.05) is 53.4 Å². The van der Waals surface area contributed by atoms with Crippen LogP contribution < -0.4 is 14.4 Å². The minimum Gasteiger partial charge on any atom is -0.497 e. The van der Waals surface area contributed by atoms with E-state index in [0.29, 0.717) is 5.92 Å². The molecule has 0 N–H and O–H groups in total. The molecule has 1 unspecified atom stereocenters. The van der Waals surface area contributed by atoms with Crippen LogP contribution >= 0.6 is 11.6 Å². The smallest absolute Gasteiger partial charge is 0.236 e. The van der Waals surface area contributed by atoms with Gasteiger partial charge in [-0.3, -0.25) is 4.79 Å². The molecule has 1 heterocycles. The number of carbonyl (C=O) groups excluding carboxylic acids is 1. The Morgan fingerprint density at radius 2 is 1.30 bits per heavy atom. The third-order valence-corrected chi connectivity index (χ3v) is 7.68. The van der Waals surface area contributed by atoms with Crippen LogP contribution in [0, 0.1) is 5.41 Å². The van der Waals surface area contributed by atoms with Crippen molar-refractivity contribution in [2.75, 3.05) is 19.1 Å². The second kappa shape index (κ2) is 8.75. The van der Waals surface area contributed by atoms with Gasteiger partial charge in [0.25, 0.3) is 0 Å². The molecule has 1 aliphatic carbocycles. The number of hydrogen-bond acceptors (Lipinski definition) is 3. The predicted molar refractivity (Wildman–Crippen MR) is 131 cm³/mol. The zero-order valence-corrected chi connectivity index (χ0v) is 19.7. The molecule has 33 heavy (non-hydrogen) atoms. The van der Waals surface area contributed by atoms with E-state index >= 15 is 0 Å². The number of hydrogen-bond donors (Lipinski definition) is 0. The molecule has 4 nitrogen and oxygen atoms in total. The maximum atomic E-state index is 13.7. The highest BCUT2D eigenvalue weighted by atomic mass is 35.5. The summed E-state index contributed by atoms with van der Waals surface area (Å²) in [6.07, 6.45) is 3.75. The van der Waals surface area contributed by atoms with Crippen LogP contribution in [-0.4, -0.2) is 20.1 Å².